The largest absolute Gasteiger partial charge is 0.496 e. The summed E-state index contributed by atoms with van der Waals surface area (Å²) in [7, 11) is 1.63. The van der Waals surface area contributed by atoms with Crippen molar-refractivity contribution in [3.05, 3.63) is 28.3 Å². The Balaban J connectivity index is 2.88. The van der Waals surface area contributed by atoms with Crippen molar-refractivity contribution in [3.63, 3.8) is 0 Å². The zero-order chi connectivity index (χ0) is 12.8. The smallest absolute Gasteiger partial charge is 0.303 e. The van der Waals surface area contributed by atoms with Crippen LogP contribution < -0.4 is 4.74 Å². The van der Waals surface area contributed by atoms with Crippen molar-refractivity contribution in [2.45, 2.75) is 32.6 Å². The molecule has 0 aliphatic rings. The minimum atomic E-state index is -0.776. The molecule has 0 saturated carbocycles. The van der Waals surface area contributed by atoms with E-state index in [0.717, 1.165) is 23.3 Å². The van der Waals surface area contributed by atoms with Gasteiger partial charge in [-0.15, -0.1) is 0 Å². The van der Waals surface area contributed by atoms with Gasteiger partial charge in [-0.2, -0.15) is 0 Å². The monoisotopic (exact) mass is 256 g/mol. The fourth-order valence-electron chi connectivity index (χ4n) is 1.85. The molecule has 1 rings (SSSR count). The first-order chi connectivity index (χ1) is 8.08. The van der Waals surface area contributed by atoms with Crippen molar-refractivity contribution in [1.82, 2.24) is 0 Å². The third-order valence-electron chi connectivity index (χ3n) is 2.63. The Labute approximate surface area is 106 Å². The van der Waals surface area contributed by atoms with Crippen molar-refractivity contribution >= 4 is 17.6 Å². The summed E-state index contributed by atoms with van der Waals surface area (Å²) in [6.45, 7) is 2.04. The Kier molecular flexibility index (Phi) is 5.29. The summed E-state index contributed by atoms with van der Waals surface area (Å²) in [4.78, 5) is 10.5. The molecule has 0 atom stereocenters. The van der Waals surface area contributed by atoms with E-state index < -0.39 is 5.97 Å². The number of hydrogen-bond donors (Lipinski definition) is 1. The number of carbonyl (C=O) groups is 1. The van der Waals surface area contributed by atoms with Crippen LogP contribution in [0.1, 0.15) is 30.9 Å². The molecule has 0 saturated heterocycles. The standard InChI is InChI=1S/C13H17ClO3/c1-3-9-7-11(14)8-10(13(9)17-2)5-4-6-12(15)16/h7-8H,3-6H2,1-2H3,(H,15,16). The van der Waals surface area contributed by atoms with Crippen LogP contribution in [-0.4, -0.2) is 18.2 Å². The number of carboxylic acids is 1. The highest BCUT2D eigenvalue weighted by molar-refractivity contribution is 6.30. The number of aryl methyl sites for hydroxylation is 2. The molecule has 0 spiro atoms. The van der Waals surface area contributed by atoms with Gasteiger partial charge in [0.25, 0.3) is 0 Å². The molecular weight excluding hydrogens is 240 g/mol. The number of aliphatic carboxylic acids is 1. The second kappa shape index (κ2) is 6.50. The van der Waals surface area contributed by atoms with Gasteiger partial charge >= 0.3 is 5.97 Å². The molecule has 1 aromatic rings. The number of carboxylic acid groups (broad SMARTS) is 1. The summed E-state index contributed by atoms with van der Waals surface area (Å²) < 4.78 is 5.37. The lowest BCUT2D eigenvalue weighted by atomic mass is 10.0. The van der Waals surface area contributed by atoms with Gasteiger partial charge in [0.1, 0.15) is 5.75 Å². The number of methoxy groups -OCH3 is 1. The molecule has 1 aromatic carbocycles. The maximum atomic E-state index is 10.5. The van der Waals surface area contributed by atoms with Gasteiger partial charge in [-0.25, -0.2) is 0 Å². The normalized spacial score (nSPS) is 10.3. The van der Waals surface area contributed by atoms with Crippen LogP contribution in [0.15, 0.2) is 12.1 Å². The first-order valence-electron chi connectivity index (χ1n) is 5.65. The number of rotatable bonds is 6. The number of benzene rings is 1. The van der Waals surface area contributed by atoms with Gasteiger partial charge in [0, 0.05) is 11.4 Å². The SMILES string of the molecule is CCc1cc(Cl)cc(CCCC(=O)O)c1OC. The summed E-state index contributed by atoms with van der Waals surface area (Å²) in [5.41, 5.74) is 2.04. The molecule has 0 aliphatic carbocycles. The van der Waals surface area contributed by atoms with Crippen LogP contribution in [0.3, 0.4) is 0 Å². The van der Waals surface area contributed by atoms with E-state index in [0.29, 0.717) is 17.9 Å². The number of halogens is 1. The average Bonchev–Trinajstić information content (AvgIpc) is 2.27. The van der Waals surface area contributed by atoms with Crippen LogP contribution in [0.5, 0.6) is 5.75 Å². The Bertz CT molecular complexity index is 402. The van der Waals surface area contributed by atoms with Crippen LogP contribution in [0.25, 0.3) is 0 Å². The van der Waals surface area contributed by atoms with E-state index in [2.05, 4.69) is 0 Å². The predicted molar refractivity (Wildman–Crippen MR) is 68.0 cm³/mol. The molecule has 1 N–H and O–H groups in total. The highest BCUT2D eigenvalue weighted by Gasteiger charge is 2.10. The molecular formula is C13H17ClO3. The van der Waals surface area contributed by atoms with Gasteiger partial charge in [0.05, 0.1) is 7.11 Å². The van der Waals surface area contributed by atoms with Crippen molar-refractivity contribution in [2.24, 2.45) is 0 Å². The molecule has 0 fully saturated rings. The second-order valence-electron chi connectivity index (χ2n) is 3.86. The van der Waals surface area contributed by atoms with Crippen LogP contribution in [0.2, 0.25) is 5.02 Å². The number of ether oxygens (including phenoxy) is 1. The van der Waals surface area contributed by atoms with Crippen molar-refractivity contribution < 1.29 is 14.6 Å². The van der Waals surface area contributed by atoms with E-state index in [1.165, 1.54) is 0 Å². The van der Waals surface area contributed by atoms with Gasteiger partial charge < -0.3 is 9.84 Å². The van der Waals surface area contributed by atoms with Gasteiger partial charge in [-0.3, -0.25) is 4.79 Å². The highest BCUT2D eigenvalue weighted by atomic mass is 35.5. The molecule has 3 nitrogen and oxygen atoms in total. The lowest BCUT2D eigenvalue weighted by Gasteiger charge is -2.13. The Morgan fingerprint density at radius 3 is 2.59 bits per heavy atom. The maximum Gasteiger partial charge on any atom is 0.303 e. The fourth-order valence-corrected chi connectivity index (χ4v) is 2.12. The van der Waals surface area contributed by atoms with E-state index >= 15 is 0 Å². The molecule has 0 aliphatic heterocycles. The van der Waals surface area contributed by atoms with E-state index in [1.807, 2.05) is 19.1 Å². The molecule has 0 unspecified atom stereocenters. The molecule has 0 radical (unpaired) electrons. The minimum absolute atomic E-state index is 0.164. The second-order valence-corrected chi connectivity index (χ2v) is 4.29. The zero-order valence-electron chi connectivity index (χ0n) is 10.1. The van der Waals surface area contributed by atoms with Crippen molar-refractivity contribution in [2.75, 3.05) is 7.11 Å². The van der Waals surface area contributed by atoms with Gasteiger partial charge in [-0.05, 0) is 42.5 Å². The Morgan fingerprint density at radius 1 is 1.41 bits per heavy atom. The van der Waals surface area contributed by atoms with E-state index in [-0.39, 0.29) is 6.42 Å². The predicted octanol–water partition coefficient (Wildman–Crippen LogP) is 3.32. The molecule has 4 heteroatoms. The molecule has 0 heterocycles. The summed E-state index contributed by atoms with van der Waals surface area (Å²) in [6.07, 6.45) is 2.27. The Hall–Kier alpha value is -1.22. The topological polar surface area (TPSA) is 46.5 Å². The average molecular weight is 257 g/mol. The lowest BCUT2D eigenvalue weighted by molar-refractivity contribution is -0.137. The van der Waals surface area contributed by atoms with Crippen LogP contribution in [-0.2, 0) is 17.6 Å². The summed E-state index contributed by atoms with van der Waals surface area (Å²) in [5.74, 6) is 0.0593. The van der Waals surface area contributed by atoms with E-state index in [9.17, 15) is 4.79 Å². The van der Waals surface area contributed by atoms with Gasteiger partial charge in [0.2, 0.25) is 0 Å². The van der Waals surface area contributed by atoms with Crippen molar-refractivity contribution in [3.8, 4) is 5.75 Å². The van der Waals surface area contributed by atoms with Gasteiger partial charge in [0.15, 0.2) is 0 Å². The van der Waals surface area contributed by atoms with Gasteiger partial charge in [-0.1, -0.05) is 18.5 Å². The molecule has 0 aromatic heterocycles. The lowest BCUT2D eigenvalue weighted by Crippen LogP contribution is -2.00. The fraction of sp³-hybridized carbons (Fsp3) is 0.462. The minimum Gasteiger partial charge on any atom is -0.496 e. The van der Waals surface area contributed by atoms with E-state index in [1.54, 1.807) is 7.11 Å². The van der Waals surface area contributed by atoms with Crippen LogP contribution in [0.4, 0.5) is 0 Å². The molecule has 0 bridgehead atoms. The summed E-state index contributed by atoms with van der Waals surface area (Å²) in [6, 6.07) is 3.74. The zero-order valence-corrected chi connectivity index (χ0v) is 10.9. The van der Waals surface area contributed by atoms with Crippen molar-refractivity contribution in [1.29, 1.82) is 0 Å². The maximum absolute atomic E-state index is 10.5. The summed E-state index contributed by atoms with van der Waals surface area (Å²) >= 11 is 6.03. The first kappa shape index (κ1) is 13.8. The third-order valence-corrected chi connectivity index (χ3v) is 2.85. The molecule has 94 valence electrons. The number of hydrogen-bond acceptors (Lipinski definition) is 2. The summed E-state index contributed by atoms with van der Waals surface area (Å²) in [5, 5.41) is 9.29. The highest BCUT2D eigenvalue weighted by Crippen LogP contribution is 2.29. The van der Waals surface area contributed by atoms with Crippen LogP contribution in [0, 0.1) is 0 Å². The Morgan fingerprint density at radius 2 is 2.06 bits per heavy atom. The molecule has 0 amide bonds. The van der Waals surface area contributed by atoms with Crippen LogP contribution >= 0.6 is 11.6 Å². The van der Waals surface area contributed by atoms with E-state index in [4.69, 9.17) is 21.4 Å². The molecule has 17 heavy (non-hydrogen) atoms. The quantitative estimate of drug-likeness (QED) is 0.849. The third kappa shape index (κ3) is 3.93. The first-order valence-corrected chi connectivity index (χ1v) is 6.03.